The highest BCUT2D eigenvalue weighted by molar-refractivity contribution is 7.71. The number of aryl methyl sites for hydroxylation is 1. The molecule has 0 aliphatic rings. The van der Waals surface area contributed by atoms with Gasteiger partial charge in [-0.2, -0.15) is 0 Å². The third kappa shape index (κ3) is 2.50. The van der Waals surface area contributed by atoms with Crippen LogP contribution in [0.1, 0.15) is 17.7 Å². The highest BCUT2D eigenvalue weighted by atomic mass is 32.1. The topological polar surface area (TPSA) is 74.7 Å². The average molecular weight is 199 g/mol. The molecule has 72 valence electrons. The second-order valence-electron chi connectivity index (χ2n) is 2.90. The lowest BCUT2D eigenvalue weighted by Crippen LogP contribution is -2.15. The summed E-state index contributed by atoms with van der Waals surface area (Å²) >= 11 is 4.85. The van der Waals surface area contributed by atoms with E-state index < -0.39 is 0 Å². The molecule has 0 unspecified atom stereocenters. The first-order chi connectivity index (χ1) is 6.15. The Balaban J connectivity index is 3.06. The van der Waals surface area contributed by atoms with Crippen molar-refractivity contribution in [1.29, 1.82) is 0 Å². The summed E-state index contributed by atoms with van der Waals surface area (Å²) in [7, 11) is 0. The summed E-state index contributed by atoms with van der Waals surface area (Å²) < 4.78 is 0.377. The van der Waals surface area contributed by atoms with E-state index >= 15 is 0 Å². The maximum Gasteiger partial charge on any atom is 0.254 e. The molecular formula is C8H13N3OS. The molecule has 0 atom stereocenters. The summed E-state index contributed by atoms with van der Waals surface area (Å²) in [6.07, 6.45) is 1.63. The largest absolute Gasteiger partial charge is 0.336 e. The zero-order valence-electron chi connectivity index (χ0n) is 7.52. The molecule has 0 saturated carbocycles. The molecule has 0 aliphatic carbocycles. The molecule has 1 heterocycles. The van der Waals surface area contributed by atoms with E-state index in [4.69, 9.17) is 18.0 Å². The Kier molecular flexibility index (Phi) is 3.39. The lowest BCUT2D eigenvalue weighted by atomic mass is 10.1. The van der Waals surface area contributed by atoms with Gasteiger partial charge in [0.1, 0.15) is 0 Å². The number of aromatic nitrogens is 2. The van der Waals surface area contributed by atoms with Crippen molar-refractivity contribution in [3.05, 3.63) is 26.4 Å². The summed E-state index contributed by atoms with van der Waals surface area (Å²) in [4.78, 5) is 16.7. The molecular weight excluding hydrogens is 186 g/mol. The minimum Gasteiger partial charge on any atom is -0.336 e. The average Bonchev–Trinajstić information content (AvgIpc) is 2.09. The molecule has 1 aromatic heterocycles. The van der Waals surface area contributed by atoms with E-state index in [0.29, 0.717) is 16.9 Å². The quantitative estimate of drug-likeness (QED) is 0.625. The molecule has 1 aromatic rings. The SMILES string of the molecule is Cc1c(CCCN)[nH]c(=S)[nH]c1=O. The van der Waals surface area contributed by atoms with Crippen molar-refractivity contribution in [3.63, 3.8) is 0 Å². The Hall–Kier alpha value is -0.940. The number of hydrogen-bond acceptors (Lipinski definition) is 3. The van der Waals surface area contributed by atoms with E-state index in [-0.39, 0.29) is 5.56 Å². The van der Waals surface area contributed by atoms with Crippen LogP contribution in [0.15, 0.2) is 4.79 Å². The maximum atomic E-state index is 11.3. The van der Waals surface area contributed by atoms with Crippen LogP contribution in [0, 0.1) is 11.7 Å². The van der Waals surface area contributed by atoms with Gasteiger partial charge in [0.05, 0.1) is 0 Å². The van der Waals surface area contributed by atoms with Gasteiger partial charge in [0.2, 0.25) is 0 Å². The number of nitrogens with one attached hydrogen (secondary N) is 2. The summed E-state index contributed by atoms with van der Waals surface area (Å²) in [5.41, 5.74) is 6.85. The van der Waals surface area contributed by atoms with Crippen LogP contribution in [0.2, 0.25) is 0 Å². The number of rotatable bonds is 3. The fourth-order valence-corrected chi connectivity index (χ4v) is 1.34. The van der Waals surface area contributed by atoms with Crippen molar-refractivity contribution in [2.75, 3.05) is 6.54 Å². The van der Waals surface area contributed by atoms with Gasteiger partial charge in [-0.15, -0.1) is 0 Å². The van der Waals surface area contributed by atoms with Crippen LogP contribution in [0.5, 0.6) is 0 Å². The third-order valence-corrected chi connectivity index (χ3v) is 2.12. The molecule has 1 rings (SSSR count). The second-order valence-corrected chi connectivity index (χ2v) is 3.31. The van der Waals surface area contributed by atoms with Crippen LogP contribution in [0.4, 0.5) is 0 Å². The van der Waals surface area contributed by atoms with Gasteiger partial charge in [-0.25, -0.2) is 0 Å². The van der Waals surface area contributed by atoms with E-state index in [1.54, 1.807) is 6.92 Å². The number of hydrogen-bond donors (Lipinski definition) is 3. The molecule has 0 aromatic carbocycles. The van der Waals surface area contributed by atoms with Crippen molar-refractivity contribution in [2.45, 2.75) is 19.8 Å². The smallest absolute Gasteiger partial charge is 0.254 e. The van der Waals surface area contributed by atoms with Crippen LogP contribution in [0.3, 0.4) is 0 Å². The van der Waals surface area contributed by atoms with Gasteiger partial charge in [-0.05, 0) is 38.5 Å². The second kappa shape index (κ2) is 4.34. The lowest BCUT2D eigenvalue weighted by molar-refractivity contribution is 0.791. The first kappa shape index (κ1) is 10.1. The molecule has 0 spiro atoms. The minimum atomic E-state index is -0.115. The highest BCUT2D eigenvalue weighted by Crippen LogP contribution is 2.00. The molecule has 0 fully saturated rings. The van der Waals surface area contributed by atoms with Crippen LogP contribution in [-0.2, 0) is 6.42 Å². The summed E-state index contributed by atoms with van der Waals surface area (Å²) in [5.74, 6) is 0. The van der Waals surface area contributed by atoms with Crippen LogP contribution in [-0.4, -0.2) is 16.5 Å². The van der Waals surface area contributed by atoms with Gasteiger partial charge < -0.3 is 10.7 Å². The molecule has 5 heteroatoms. The Morgan fingerprint density at radius 2 is 2.15 bits per heavy atom. The van der Waals surface area contributed by atoms with Gasteiger partial charge in [0.25, 0.3) is 5.56 Å². The van der Waals surface area contributed by atoms with Crippen molar-refractivity contribution >= 4 is 12.2 Å². The molecule has 0 bridgehead atoms. The first-order valence-corrected chi connectivity index (χ1v) is 4.58. The molecule has 13 heavy (non-hydrogen) atoms. The molecule has 0 aliphatic heterocycles. The first-order valence-electron chi connectivity index (χ1n) is 4.17. The zero-order valence-corrected chi connectivity index (χ0v) is 8.33. The monoisotopic (exact) mass is 199 g/mol. The molecule has 0 amide bonds. The summed E-state index contributed by atoms with van der Waals surface area (Å²) in [6, 6.07) is 0. The van der Waals surface area contributed by atoms with E-state index in [1.807, 2.05) is 0 Å². The van der Waals surface area contributed by atoms with Gasteiger partial charge in [0, 0.05) is 11.3 Å². The van der Waals surface area contributed by atoms with Crippen molar-refractivity contribution in [3.8, 4) is 0 Å². The van der Waals surface area contributed by atoms with Gasteiger partial charge >= 0.3 is 0 Å². The summed E-state index contributed by atoms with van der Waals surface area (Å²) in [6.45, 7) is 2.39. The molecule has 0 saturated heterocycles. The van der Waals surface area contributed by atoms with E-state index in [2.05, 4.69) is 9.97 Å². The molecule has 0 radical (unpaired) electrons. The van der Waals surface area contributed by atoms with Crippen molar-refractivity contribution in [2.24, 2.45) is 5.73 Å². The fourth-order valence-electron chi connectivity index (χ4n) is 1.12. The van der Waals surface area contributed by atoms with Crippen LogP contribution in [0.25, 0.3) is 0 Å². The third-order valence-electron chi connectivity index (χ3n) is 1.92. The van der Waals surface area contributed by atoms with Crippen molar-refractivity contribution < 1.29 is 0 Å². The predicted molar refractivity (Wildman–Crippen MR) is 54.4 cm³/mol. The van der Waals surface area contributed by atoms with E-state index in [9.17, 15) is 4.79 Å². The lowest BCUT2D eigenvalue weighted by Gasteiger charge is -2.03. The Labute approximate surface area is 81.2 Å². The number of H-pyrrole nitrogens is 2. The Bertz CT molecular complexity index is 393. The summed E-state index contributed by atoms with van der Waals surface area (Å²) in [5, 5.41) is 0. The number of nitrogens with two attached hydrogens (primary N) is 1. The van der Waals surface area contributed by atoms with Crippen LogP contribution < -0.4 is 11.3 Å². The van der Waals surface area contributed by atoms with Gasteiger partial charge in [0.15, 0.2) is 4.77 Å². The van der Waals surface area contributed by atoms with Crippen molar-refractivity contribution in [1.82, 2.24) is 9.97 Å². The predicted octanol–water partition coefficient (Wildman–Crippen LogP) is 0.632. The normalized spacial score (nSPS) is 10.3. The maximum absolute atomic E-state index is 11.3. The fraction of sp³-hybridized carbons (Fsp3) is 0.500. The molecule has 4 N–H and O–H groups in total. The van der Waals surface area contributed by atoms with Crippen LogP contribution >= 0.6 is 12.2 Å². The number of aromatic amines is 2. The highest BCUT2D eigenvalue weighted by Gasteiger charge is 2.01. The standard InChI is InChI=1S/C8H13N3OS/c1-5-6(3-2-4-9)10-8(13)11-7(5)12/h2-4,9H2,1H3,(H2,10,11,12,13). The van der Waals surface area contributed by atoms with Gasteiger partial charge in [-0.3, -0.25) is 9.78 Å². The molecule has 4 nitrogen and oxygen atoms in total. The van der Waals surface area contributed by atoms with E-state index in [0.717, 1.165) is 18.5 Å². The van der Waals surface area contributed by atoms with Gasteiger partial charge in [-0.1, -0.05) is 0 Å². The van der Waals surface area contributed by atoms with E-state index in [1.165, 1.54) is 0 Å². The Morgan fingerprint density at radius 1 is 1.46 bits per heavy atom. The zero-order chi connectivity index (χ0) is 9.84. The Morgan fingerprint density at radius 3 is 2.77 bits per heavy atom. The minimum absolute atomic E-state index is 0.115.